The van der Waals surface area contributed by atoms with Gasteiger partial charge in [0, 0.05) is 18.6 Å². The third kappa shape index (κ3) is 5.66. The fourth-order valence-electron chi connectivity index (χ4n) is 6.63. The van der Waals surface area contributed by atoms with Crippen LogP contribution in [-0.2, 0) is 10.8 Å². The monoisotopic (exact) mass is 570 g/mol. The van der Waals surface area contributed by atoms with Crippen LogP contribution in [0.4, 0.5) is 0 Å². The molecule has 0 bridgehead atoms. The summed E-state index contributed by atoms with van der Waals surface area (Å²) in [6.45, 7) is 7.68. The summed E-state index contributed by atoms with van der Waals surface area (Å²) in [6.07, 6.45) is 9.18. The summed E-state index contributed by atoms with van der Waals surface area (Å²) >= 11 is 0. The molecule has 1 aliphatic carbocycles. The Labute approximate surface area is 251 Å². The van der Waals surface area contributed by atoms with Crippen LogP contribution in [0.15, 0.2) is 109 Å². The van der Waals surface area contributed by atoms with Crippen molar-refractivity contribution in [2.75, 3.05) is 6.61 Å². The SMILES string of the molecule is CC(C)(C)[Si](OCCCc1nc2c(-c3ccc(C4=CCCCC4)cc3)cccc2[nH]1)(c1ccccc1)c1ccccc1. The number of hydrogen-bond acceptors (Lipinski definition) is 2. The maximum absolute atomic E-state index is 7.11. The molecule has 6 rings (SSSR count). The number of nitrogens with zero attached hydrogens (tertiary/aromatic N) is 1. The standard InChI is InChI=1S/C38H42N2OSi/c1-38(2,3)42(32-17-9-5-10-18-32,33-19-11-6-12-20-33)41-28-14-23-36-39-35-22-13-21-34(37(35)40-36)31-26-24-30(25-27-31)29-15-7-4-8-16-29/h5-6,9-13,15,17-22,24-27H,4,7-8,14,16,23,28H2,1-3H3,(H,39,40). The van der Waals surface area contributed by atoms with Gasteiger partial charge < -0.3 is 9.41 Å². The lowest BCUT2D eigenvalue weighted by Crippen LogP contribution is -2.66. The minimum Gasteiger partial charge on any atom is -0.407 e. The van der Waals surface area contributed by atoms with Gasteiger partial charge in [-0.2, -0.15) is 0 Å². The zero-order chi connectivity index (χ0) is 29.0. The number of nitrogens with one attached hydrogen (secondary N) is 1. The number of aromatic amines is 1. The number of rotatable bonds is 9. The molecular weight excluding hydrogens is 529 g/mol. The highest BCUT2D eigenvalue weighted by Crippen LogP contribution is 2.37. The molecule has 1 heterocycles. The number of benzene rings is 4. The number of para-hydroxylation sites is 1. The maximum Gasteiger partial charge on any atom is 0.261 e. The Morgan fingerprint density at radius 2 is 1.43 bits per heavy atom. The molecule has 0 amide bonds. The molecule has 1 aromatic heterocycles. The molecular formula is C38H42N2OSi. The van der Waals surface area contributed by atoms with Crippen LogP contribution in [0.25, 0.3) is 27.7 Å². The first-order chi connectivity index (χ1) is 20.5. The number of imidazole rings is 1. The van der Waals surface area contributed by atoms with Crippen LogP contribution in [0.2, 0.25) is 5.04 Å². The smallest absolute Gasteiger partial charge is 0.261 e. The second kappa shape index (κ2) is 12.2. The summed E-state index contributed by atoms with van der Waals surface area (Å²) in [7, 11) is -2.52. The Morgan fingerprint density at radius 3 is 2.05 bits per heavy atom. The number of allylic oxidation sites excluding steroid dienone is 2. The Morgan fingerprint density at radius 1 is 0.762 bits per heavy atom. The van der Waals surface area contributed by atoms with Crippen LogP contribution in [0.1, 0.15) is 64.3 Å². The lowest BCUT2D eigenvalue weighted by atomic mass is 9.92. The molecule has 0 aliphatic heterocycles. The predicted octanol–water partition coefficient (Wildman–Crippen LogP) is 8.70. The average Bonchev–Trinajstić information content (AvgIpc) is 3.45. The maximum atomic E-state index is 7.11. The minimum absolute atomic E-state index is 0.0208. The van der Waals surface area contributed by atoms with Crippen LogP contribution >= 0.6 is 0 Å². The van der Waals surface area contributed by atoms with Crippen molar-refractivity contribution < 1.29 is 4.43 Å². The van der Waals surface area contributed by atoms with Crippen LogP contribution in [0, 0.1) is 0 Å². The summed E-state index contributed by atoms with van der Waals surface area (Å²) in [4.78, 5) is 8.68. The fourth-order valence-corrected chi connectivity index (χ4v) is 11.2. The van der Waals surface area contributed by atoms with E-state index in [-0.39, 0.29) is 5.04 Å². The van der Waals surface area contributed by atoms with E-state index < -0.39 is 8.32 Å². The second-order valence-corrected chi connectivity index (χ2v) is 16.9. The van der Waals surface area contributed by atoms with E-state index in [1.54, 1.807) is 0 Å². The van der Waals surface area contributed by atoms with Crippen molar-refractivity contribution >= 4 is 35.3 Å². The third-order valence-electron chi connectivity index (χ3n) is 8.71. The Balaban J connectivity index is 1.20. The first kappa shape index (κ1) is 28.4. The van der Waals surface area contributed by atoms with E-state index in [0.29, 0.717) is 6.61 Å². The van der Waals surface area contributed by atoms with Crippen LogP contribution in [0.3, 0.4) is 0 Å². The van der Waals surface area contributed by atoms with E-state index in [4.69, 9.17) is 9.41 Å². The largest absolute Gasteiger partial charge is 0.407 e. The molecule has 0 radical (unpaired) electrons. The molecule has 0 unspecified atom stereocenters. The van der Waals surface area contributed by atoms with E-state index in [9.17, 15) is 0 Å². The van der Waals surface area contributed by atoms with Gasteiger partial charge in [0.05, 0.1) is 11.0 Å². The van der Waals surface area contributed by atoms with Crippen LogP contribution in [0.5, 0.6) is 0 Å². The van der Waals surface area contributed by atoms with E-state index in [1.807, 2.05) is 0 Å². The summed E-state index contributed by atoms with van der Waals surface area (Å²) in [5, 5.41) is 2.62. The molecule has 0 spiro atoms. The average molecular weight is 571 g/mol. The zero-order valence-electron chi connectivity index (χ0n) is 25.2. The summed E-state index contributed by atoms with van der Waals surface area (Å²) < 4.78 is 7.11. The summed E-state index contributed by atoms with van der Waals surface area (Å²) in [5.74, 6) is 1.02. The van der Waals surface area contributed by atoms with Crippen molar-refractivity contribution in [3.05, 3.63) is 121 Å². The molecule has 4 aromatic carbocycles. The van der Waals surface area contributed by atoms with Crippen molar-refractivity contribution in [3.8, 4) is 11.1 Å². The van der Waals surface area contributed by atoms with E-state index >= 15 is 0 Å². The van der Waals surface area contributed by atoms with Crippen molar-refractivity contribution in [2.24, 2.45) is 0 Å². The third-order valence-corrected chi connectivity index (χ3v) is 13.8. The molecule has 3 nitrogen and oxygen atoms in total. The Kier molecular flexibility index (Phi) is 8.28. The molecule has 4 heteroatoms. The van der Waals surface area contributed by atoms with Gasteiger partial charge in [0.25, 0.3) is 8.32 Å². The second-order valence-electron chi connectivity index (χ2n) is 12.6. The molecule has 42 heavy (non-hydrogen) atoms. The number of hydrogen-bond donors (Lipinski definition) is 1. The molecule has 0 atom stereocenters. The quantitative estimate of drug-likeness (QED) is 0.142. The number of H-pyrrole nitrogens is 1. The Bertz CT molecular complexity index is 1610. The normalized spacial score (nSPS) is 14.2. The first-order valence-electron chi connectivity index (χ1n) is 15.5. The van der Waals surface area contributed by atoms with Gasteiger partial charge in [-0.05, 0) is 70.3 Å². The number of aromatic nitrogens is 2. The first-order valence-corrected chi connectivity index (χ1v) is 17.4. The lowest BCUT2D eigenvalue weighted by molar-refractivity contribution is 0.291. The molecule has 0 saturated heterocycles. The van der Waals surface area contributed by atoms with Crippen molar-refractivity contribution in [1.29, 1.82) is 0 Å². The van der Waals surface area contributed by atoms with Crippen LogP contribution < -0.4 is 10.4 Å². The van der Waals surface area contributed by atoms with Crippen molar-refractivity contribution in [1.82, 2.24) is 9.97 Å². The lowest BCUT2D eigenvalue weighted by Gasteiger charge is -2.43. The van der Waals surface area contributed by atoms with Gasteiger partial charge >= 0.3 is 0 Å². The van der Waals surface area contributed by atoms with Gasteiger partial charge in [-0.3, -0.25) is 0 Å². The molecule has 5 aromatic rings. The van der Waals surface area contributed by atoms with E-state index in [2.05, 4.69) is 135 Å². The molecule has 1 N–H and O–H groups in total. The number of aryl methyl sites for hydroxylation is 1. The van der Waals surface area contributed by atoms with Gasteiger partial charge in [0.15, 0.2) is 0 Å². The van der Waals surface area contributed by atoms with Gasteiger partial charge in [0.2, 0.25) is 0 Å². The van der Waals surface area contributed by atoms with E-state index in [1.165, 1.54) is 58.3 Å². The van der Waals surface area contributed by atoms with Crippen molar-refractivity contribution in [2.45, 2.75) is 64.3 Å². The van der Waals surface area contributed by atoms with Gasteiger partial charge in [-0.15, -0.1) is 0 Å². The van der Waals surface area contributed by atoms with Gasteiger partial charge in [-0.1, -0.05) is 124 Å². The molecule has 0 fully saturated rings. The molecule has 0 saturated carbocycles. The number of fused-ring (bicyclic) bond motifs is 1. The zero-order valence-corrected chi connectivity index (χ0v) is 26.2. The summed E-state index contributed by atoms with van der Waals surface area (Å²) in [5.41, 5.74) is 7.39. The molecule has 1 aliphatic rings. The fraction of sp³-hybridized carbons (Fsp3) is 0.289. The molecule has 214 valence electrons. The highest BCUT2D eigenvalue weighted by Gasteiger charge is 2.49. The topological polar surface area (TPSA) is 37.9 Å². The Hall–Kier alpha value is -3.73. The van der Waals surface area contributed by atoms with E-state index in [0.717, 1.165) is 29.7 Å². The predicted molar refractivity (Wildman–Crippen MR) is 180 cm³/mol. The van der Waals surface area contributed by atoms with Gasteiger partial charge in [0.1, 0.15) is 5.82 Å². The highest BCUT2D eigenvalue weighted by atomic mass is 28.4. The van der Waals surface area contributed by atoms with Crippen LogP contribution in [-0.4, -0.2) is 24.9 Å². The van der Waals surface area contributed by atoms with Gasteiger partial charge in [-0.25, -0.2) is 4.98 Å². The highest BCUT2D eigenvalue weighted by molar-refractivity contribution is 6.99. The summed E-state index contributed by atoms with van der Waals surface area (Å²) in [6, 6.07) is 37.3. The minimum atomic E-state index is -2.52. The van der Waals surface area contributed by atoms with Crippen molar-refractivity contribution in [3.63, 3.8) is 0 Å².